The van der Waals surface area contributed by atoms with Gasteiger partial charge in [0.05, 0.1) is 10.6 Å². The smallest absolute Gasteiger partial charge is 0.252 e. The van der Waals surface area contributed by atoms with Gasteiger partial charge in [-0.1, -0.05) is 27.5 Å². The summed E-state index contributed by atoms with van der Waals surface area (Å²) in [5.41, 5.74) is 1.82. The van der Waals surface area contributed by atoms with Crippen molar-refractivity contribution in [2.24, 2.45) is 5.92 Å². The molecule has 25 heavy (non-hydrogen) atoms. The molecule has 1 aromatic carbocycles. The second-order valence-electron chi connectivity index (χ2n) is 6.41. The van der Waals surface area contributed by atoms with Crippen molar-refractivity contribution in [3.05, 3.63) is 63.3 Å². The Balaban J connectivity index is 1.45. The van der Waals surface area contributed by atoms with E-state index in [0.717, 1.165) is 36.9 Å². The van der Waals surface area contributed by atoms with E-state index in [2.05, 4.69) is 43.3 Å². The summed E-state index contributed by atoms with van der Waals surface area (Å²) in [5.74, 6) is 0.411. The Morgan fingerprint density at radius 1 is 1.24 bits per heavy atom. The fraction of sp³-hybridized carbons (Fsp3) is 0.368. The molecule has 1 saturated heterocycles. The number of amides is 1. The number of hydrogen-bond donors (Lipinski definition) is 1. The predicted molar refractivity (Wildman–Crippen MR) is 104 cm³/mol. The zero-order chi connectivity index (χ0) is 17.6. The largest absolute Gasteiger partial charge is 0.352 e. The van der Waals surface area contributed by atoms with Crippen LogP contribution < -0.4 is 5.32 Å². The summed E-state index contributed by atoms with van der Waals surface area (Å²) >= 11 is 9.49. The fourth-order valence-electron chi connectivity index (χ4n) is 3.10. The van der Waals surface area contributed by atoms with Crippen molar-refractivity contribution in [2.75, 3.05) is 19.6 Å². The van der Waals surface area contributed by atoms with E-state index in [1.807, 2.05) is 18.5 Å². The van der Waals surface area contributed by atoms with Crippen LogP contribution in [0.5, 0.6) is 0 Å². The summed E-state index contributed by atoms with van der Waals surface area (Å²) in [6.45, 7) is 3.78. The number of halogens is 2. The highest BCUT2D eigenvalue weighted by Gasteiger charge is 2.20. The number of aromatic nitrogens is 1. The molecule has 1 fully saturated rings. The number of piperidine rings is 1. The maximum Gasteiger partial charge on any atom is 0.252 e. The molecule has 1 N–H and O–H groups in total. The average molecular weight is 423 g/mol. The lowest BCUT2D eigenvalue weighted by atomic mass is 9.96. The van der Waals surface area contributed by atoms with Crippen molar-refractivity contribution in [3.63, 3.8) is 0 Å². The molecule has 2 heterocycles. The summed E-state index contributed by atoms with van der Waals surface area (Å²) in [5, 5.41) is 3.51. The zero-order valence-corrected chi connectivity index (χ0v) is 16.3. The van der Waals surface area contributed by atoms with Gasteiger partial charge in [-0.15, -0.1) is 0 Å². The number of likely N-dealkylation sites (tertiary alicyclic amines) is 1. The molecule has 1 aliphatic heterocycles. The van der Waals surface area contributed by atoms with Gasteiger partial charge in [0.1, 0.15) is 0 Å². The Morgan fingerprint density at radius 3 is 2.68 bits per heavy atom. The third-order valence-electron chi connectivity index (χ3n) is 4.59. The monoisotopic (exact) mass is 421 g/mol. The first-order valence-electron chi connectivity index (χ1n) is 8.46. The molecule has 0 saturated carbocycles. The molecular weight excluding hydrogens is 402 g/mol. The van der Waals surface area contributed by atoms with Gasteiger partial charge in [0.25, 0.3) is 5.91 Å². The van der Waals surface area contributed by atoms with Gasteiger partial charge in [0.15, 0.2) is 0 Å². The Kier molecular flexibility index (Phi) is 6.45. The van der Waals surface area contributed by atoms with E-state index in [9.17, 15) is 4.79 Å². The number of hydrogen-bond acceptors (Lipinski definition) is 3. The van der Waals surface area contributed by atoms with Crippen molar-refractivity contribution in [2.45, 2.75) is 19.4 Å². The first-order valence-corrected chi connectivity index (χ1v) is 9.63. The van der Waals surface area contributed by atoms with E-state index in [-0.39, 0.29) is 5.91 Å². The third kappa shape index (κ3) is 5.27. The van der Waals surface area contributed by atoms with Crippen LogP contribution in [-0.2, 0) is 6.54 Å². The van der Waals surface area contributed by atoms with E-state index >= 15 is 0 Å². The molecule has 4 nitrogen and oxygen atoms in total. The van der Waals surface area contributed by atoms with E-state index in [1.165, 1.54) is 5.56 Å². The number of pyridine rings is 1. The van der Waals surface area contributed by atoms with Gasteiger partial charge < -0.3 is 5.32 Å². The van der Waals surface area contributed by atoms with E-state index in [4.69, 9.17) is 11.6 Å². The maximum absolute atomic E-state index is 12.3. The third-order valence-corrected chi connectivity index (χ3v) is 5.41. The van der Waals surface area contributed by atoms with Crippen LogP contribution in [0.4, 0.5) is 0 Å². The van der Waals surface area contributed by atoms with Crippen molar-refractivity contribution in [3.8, 4) is 0 Å². The highest BCUT2D eigenvalue weighted by Crippen LogP contribution is 2.22. The van der Waals surface area contributed by atoms with Crippen LogP contribution in [0.3, 0.4) is 0 Å². The lowest BCUT2D eigenvalue weighted by Crippen LogP contribution is -2.38. The Morgan fingerprint density at radius 2 is 1.96 bits per heavy atom. The van der Waals surface area contributed by atoms with Crippen LogP contribution in [0.25, 0.3) is 0 Å². The van der Waals surface area contributed by atoms with E-state index in [1.54, 1.807) is 12.1 Å². The minimum atomic E-state index is -0.106. The predicted octanol–water partition coefficient (Wildman–Crippen LogP) is 4.14. The highest BCUT2D eigenvalue weighted by atomic mass is 79.9. The molecule has 0 atom stereocenters. The molecule has 3 rings (SSSR count). The molecule has 0 bridgehead atoms. The number of benzene rings is 1. The van der Waals surface area contributed by atoms with Crippen molar-refractivity contribution < 1.29 is 4.79 Å². The minimum absolute atomic E-state index is 0.106. The molecule has 132 valence electrons. The number of rotatable bonds is 5. The lowest BCUT2D eigenvalue weighted by molar-refractivity contribution is 0.0935. The lowest BCUT2D eigenvalue weighted by Gasteiger charge is -2.32. The number of nitrogens with zero attached hydrogens (tertiary/aromatic N) is 2. The molecule has 1 aromatic heterocycles. The SMILES string of the molecule is O=C(NCC1CCN(Cc2ccncc2)CC1)c1cc(Br)ccc1Cl. The quantitative estimate of drug-likeness (QED) is 0.787. The average Bonchev–Trinajstić information content (AvgIpc) is 2.64. The summed E-state index contributed by atoms with van der Waals surface area (Å²) in [6.07, 6.45) is 5.87. The fourth-order valence-corrected chi connectivity index (χ4v) is 3.66. The van der Waals surface area contributed by atoms with Gasteiger partial charge in [0.2, 0.25) is 0 Å². The molecule has 0 radical (unpaired) electrons. The molecule has 1 aliphatic rings. The van der Waals surface area contributed by atoms with E-state index in [0.29, 0.717) is 23.0 Å². The molecule has 2 aromatic rings. The standard InChI is InChI=1S/C19H21BrClN3O/c20-16-1-2-18(21)17(11-16)19(25)23-12-14-5-9-24(10-6-14)13-15-3-7-22-8-4-15/h1-4,7-8,11,14H,5-6,9-10,12-13H2,(H,23,25). The van der Waals surface area contributed by atoms with Crippen LogP contribution in [0.1, 0.15) is 28.8 Å². The maximum atomic E-state index is 12.3. The molecular formula is C19H21BrClN3O. The normalized spacial score (nSPS) is 15.9. The van der Waals surface area contributed by atoms with Crippen LogP contribution in [-0.4, -0.2) is 35.4 Å². The van der Waals surface area contributed by atoms with Crippen LogP contribution in [0.15, 0.2) is 47.2 Å². The number of nitrogens with one attached hydrogen (secondary N) is 1. The van der Waals surface area contributed by atoms with Gasteiger partial charge >= 0.3 is 0 Å². The number of carbonyl (C=O) groups excluding carboxylic acids is 1. The minimum Gasteiger partial charge on any atom is -0.352 e. The molecule has 6 heteroatoms. The topological polar surface area (TPSA) is 45.2 Å². The summed E-state index contributed by atoms with van der Waals surface area (Å²) < 4.78 is 0.853. The second kappa shape index (κ2) is 8.79. The first kappa shape index (κ1) is 18.4. The van der Waals surface area contributed by atoms with Gasteiger partial charge in [0, 0.05) is 30.0 Å². The van der Waals surface area contributed by atoms with Crippen LogP contribution in [0, 0.1) is 5.92 Å². The highest BCUT2D eigenvalue weighted by molar-refractivity contribution is 9.10. The van der Waals surface area contributed by atoms with E-state index < -0.39 is 0 Å². The second-order valence-corrected chi connectivity index (χ2v) is 7.73. The number of carbonyl (C=O) groups is 1. The zero-order valence-electron chi connectivity index (χ0n) is 13.9. The summed E-state index contributed by atoms with van der Waals surface area (Å²) in [4.78, 5) is 18.8. The molecule has 0 unspecified atom stereocenters. The van der Waals surface area contributed by atoms with Crippen molar-refractivity contribution in [1.29, 1.82) is 0 Å². The molecule has 0 spiro atoms. The van der Waals surface area contributed by atoms with Crippen LogP contribution in [0.2, 0.25) is 5.02 Å². The van der Waals surface area contributed by atoms with Crippen LogP contribution >= 0.6 is 27.5 Å². The van der Waals surface area contributed by atoms with Crippen molar-refractivity contribution >= 4 is 33.4 Å². The van der Waals surface area contributed by atoms with Gasteiger partial charge in [-0.2, -0.15) is 0 Å². The summed E-state index contributed by atoms with van der Waals surface area (Å²) in [7, 11) is 0. The summed E-state index contributed by atoms with van der Waals surface area (Å²) in [6, 6.07) is 9.45. The molecule has 1 amide bonds. The van der Waals surface area contributed by atoms with Gasteiger partial charge in [-0.25, -0.2) is 0 Å². The van der Waals surface area contributed by atoms with Crippen molar-refractivity contribution in [1.82, 2.24) is 15.2 Å². The van der Waals surface area contributed by atoms with Gasteiger partial charge in [-0.3, -0.25) is 14.7 Å². The Labute approximate surface area is 161 Å². The first-order chi connectivity index (χ1) is 12.1. The Hall–Kier alpha value is -1.43. The molecule has 0 aliphatic carbocycles. The van der Waals surface area contributed by atoms with Gasteiger partial charge in [-0.05, 0) is 67.7 Å². The Bertz CT molecular complexity index is 718.